The maximum absolute atomic E-state index is 12.1. The molecule has 0 saturated carbocycles. The molecule has 1 amide bonds. The monoisotopic (exact) mass is 387 g/mol. The van der Waals surface area contributed by atoms with Gasteiger partial charge in [-0.15, -0.1) is 23.7 Å². The summed E-state index contributed by atoms with van der Waals surface area (Å²) in [6.07, 6.45) is 1.95. The Kier molecular flexibility index (Phi) is 7.57. The summed E-state index contributed by atoms with van der Waals surface area (Å²) in [5, 5.41) is 3.14. The first-order valence-electron chi connectivity index (χ1n) is 6.62. The zero-order valence-electron chi connectivity index (χ0n) is 12.0. The van der Waals surface area contributed by atoms with Crippen LogP contribution in [0.4, 0.5) is 0 Å². The summed E-state index contributed by atoms with van der Waals surface area (Å²) in [7, 11) is -1.81. The van der Waals surface area contributed by atoms with Gasteiger partial charge in [0.25, 0.3) is 10.0 Å². The molecule has 6 nitrogen and oxygen atoms in total. The minimum absolute atomic E-state index is 0. The van der Waals surface area contributed by atoms with E-state index in [1.807, 2.05) is 7.05 Å². The Labute approximate surface area is 145 Å². The molecule has 126 valence electrons. The second-order valence-electron chi connectivity index (χ2n) is 4.85. The molecule has 1 fully saturated rings. The predicted molar refractivity (Wildman–Crippen MR) is 90.4 cm³/mol. The molecule has 2 N–H and O–H groups in total. The quantitative estimate of drug-likeness (QED) is 0.798. The van der Waals surface area contributed by atoms with Crippen LogP contribution >= 0.6 is 35.3 Å². The van der Waals surface area contributed by atoms with E-state index in [0.29, 0.717) is 17.4 Å². The largest absolute Gasteiger partial charge is 0.340 e. The Morgan fingerprint density at radius 2 is 2.23 bits per heavy atom. The first-order valence-corrected chi connectivity index (χ1v) is 9.30. The highest BCUT2D eigenvalue weighted by atomic mass is 35.5. The third-order valence-electron chi connectivity index (χ3n) is 3.41. The molecule has 1 aromatic rings. The van der Waals surface area contributed by atoms with E-state index in [2.05, 4.69) is 10.0 Å². The van der Waals surface area contributed by atoms with Crippen molar-refractivity contribution in [3.8, 4) is 0 Å². The van der Waals surface area contributed by atoms with E-state index < -0.39 is 10.0 Å². The van der Waals surface area contributed by atoms with Crippen molar-refractivity contribution in [2.24, 2.45) is 0 Å². The summed E-state index contributed by atoms with van der Waals surface area (Å²) >= 11 is 6.69. The molecule has 1 saturated heterocycles. The van der Waals surface area contributed by atoms with Gasteiger partial charge in [0.2, 0.25) is 5.91 Å². The minimum atomic E-state index is -3.67. The van der Waals surface area contributed by atoms with Gasteiger partial charge in [0.15, 0.2) is 0 Å². The average Bonchev–Trinajstić information content (AvgIpc) is 2.92. The summed E-state index contributed by atoms with van der Waals surface area (Å²) in [6, 6.07) is 3.22. The van der Waals surface area contributed by atoms with Crippen LogP contribution in [0.15, 0.2) is 16.3 Å². The fraction of sp³-hybridized carbons (Fsp3) is 0.583. The lowest BCUT2D eigenvalue weighted by Gasteiger charge is -2.32. The Bertz CT molecular complexity index is 607. The van der Waals surface area contributed by atoms with E-state index in [1.54, 1.807) is 4.90 Å². The summed E-state index contributed by atoms with van der Waals surface area (Å²) in [4.78, 5) is 13.8. The van der Waals surface area contributed by atoms with Gasteiger partial charge >= 0.3 is 0 Å². The predicted octanol–water partition coefficient (Wildman–Crippen LogP) is 1.31. The lowest BCUT2D eigenvalue weighted by molar-refractivity contribution is -0.131. The third-order valence-corrected chi connectivity index (χ3v) is 6.53. The number of likely N-dealkylation sites (N-methyl/N-ethyl adjacent to an activating group) is 1. The van der Waals surface area contributed by atoms with Gasteiger partial charge in [-0.1, -0.05) is 11.6 Å². The van der Waals surface area contributed by atoms with Crippen molar-refractivity contribution in [2.75, 3.05) is 26.7 Å². The second-order valence-corrected chi connectivity index (χ2v) is 8.56. The van der Waals surface area contributed by atoms with Crippen LogP contribution in [-0.4, -0.2) is 51.9 Å². The van der Waals surface area contributed by atoms with Crippen molar-refractivity contribution in [1.29, 1.82) is 0 Å². The van der Waals surface area contributed by atoms with E-state index in [1.165, 1.54) is 12.1 Å². The highest BCUT2D eigenvalue weighted by Gasteiger charge is 2.24. The highest BCUT2D eigenvalue weighted by molar-refractivity contribution is 7.91. The zero-order chi connectivity index (χ0) is 15.5. The molecule has 0 spiro atoms. The van der Waals surface area contributed by atoms with Gasteiger partial charge in [-0.05, 0) is 32.0 Å². The number of carbonyl (C=O) groups is 1. The van der Waals surface area contributed by atoms with Crippen LogP contribution in [0.2, 0.25) is 4.34 Å². The number of nitrogens with one attached hydrogen (secondary N) is 2. The first kappa shape index (κ1) is 19.7. The molecule has 0 aromatic carbocycles. The molecule has 0 radical (unpaired) electrons. The van der Waals surface area contributed by atoms with Gasteiger partial charge in [0.1, 0.15) is 4.21 Å². The molecule has 1 atom stereocenters. The maximum atomic E-state index is 12.1. The molecule has 0 bridgehead atoms. The standard InChI is InChI=1S/C12H18ClN3O3S2.ClH/c1-14-9-3-2-6-16(8-9)11(17)7-15-21(18,19)12-5-4-10(13)20-12;/h4-5,9,14-15H,2-3,6-8H2,1H3;1H. The normalized spacial score (nSPS) is 18.8. The van der Waals surface area contributed by atoms with Crippen molar-refractivity contribution in [2.45, 2.75) is 23.1 Å². The van der Waals surface area contributed by atoms with E-state index in [9.17, 15) is 13.2 Å². The number of likely N-dealkylation sites (tertiary alicyclic amines) is 1. The smallest absolute Gasteiger partial charge is 0.250 e. The van der Waals surface area contributed by atoms with Crippen LogP contribution in [0.1, 0.15) is 12.8 Å². The number of hydrogen-bond donors (Lipinski definition) is 2. The fourth-order valence-electron chi connectivity index (χ4n) is 2.22. The number of nitrogens with zero attached hydrogens (tertiary/aromatic N) is 1. The van der Waals surface area contributed by atoms with E-state index in [4.69, 9.17) is 11.6 Å². The molecule has 1 aromatic heterocycles. The Morgan fingerprint density at radius 3 is 2.82 bits per heavy atom. The van der Waals surface area contributed by atoms with E-state index in [0.717, 1.165) is 24.2 Å². The van der Waals surface area contributed by atoms with Crippen molar-refractivity contribution in [3.63, 3.8) is 0 Å². The van der Waals surface area contributed by atoms with Gasteiger partial charge in [0, 0.05) is 19.1 Å². The van der Waals surface area contributed by atoms with Gasteiger partial charge in [-0.2, -0.15) is 0 Å². The molecule has 1 aliphatic rings. The number of thiophene rings is 1. The van der Waals surface area contributed by atoms with Crippen LogP contribution in [0.5, 0.6) is 0 Å². The minimum Gasteiger partial charge on any atom is -0.340 e. The summed E-state index contributed by atoms with van der Waals surface area (Å²) in [5.74, 6) is -0.207. The SMILES string of the molecule is CNC1CCCN(C(=O)CNS(=O)(=O)c2ccc(Cl)s2)C1.Cl. The highest BCUT2D eigenvalue weighted by Crippen LogP contribution is 2.25. The lowest BCUT2D eigenvalue weighted by Crippen LogP contribution is -2.49. The molecule has 1 unspecified atom stereocenters. The number of carbonyl (C=O) groups excluding carboxylic acids is 1. The number of hydrogen-bond acceptors (Lipinski definition) is 5. The molecule has 2 heterocycles. The molecule has 0 aliphatic carbocycles. The number of halogens is 2. The Morgan fingerprint density at radius 1 is 1.50 bits per heavy atom. The van der Waals surface area contributed by atoms with Crippen LogP contribution < -0.4 is 10.0 Å². The zero-order valence-corrected chi connectivity index (χ0v) is 15.2. The molecule has 1 aliphatic heterocycles. The van der Waals surface area contributed by atoms with Crippen LogP contribution in [0.3, 0.4) is 0 Å². The fourth-order valence-corrected chi connectivity index (χ4v) is 4.72. The lowest BCUT2D eigenvalue weighted by atomic mass is 10.1. The summed E-state index contributed by atoms with van der Waals surface area (Å²) < 4.78 is 26.9. The van der Waals surface area contributed by atoms with Crippen molar-refractivity contribution < 1.29 is 13.2 Å². The molecular formula is C12H19Cl2N3O3S2. The van der Waals surface area contributed by atoms with Crippen molar-refractivity contribution >= 4 is 51.3 Å². The van der Waals surface area contributed by atoms with E-state index >= 15 is 0 Å². The molecular weight excluding hydrogens is 369 g/mol. The molecule has 10 heteroatoms. The van der Waals surface area contributed by atoms with E-state index in [-0.39, 0.29) is 35.1 Å². The van der Waals surface area contributed by atoms with Gasteiger partial charge in [0.05, 0.1) is 10.9 Å². The van der Waals surface area contributed by atoms with Crippen LogP contribution in [-0.2, 0) is 14.8 Å². The first-order chi connectivity index (χ1) is 9.92. The second kappa shape index (κ2) is 8.47. The summed E-state index contributed by atoms with van der Waals surface area (Å²) in [5.41, 5.74) is 0. The number of rotatable bonds is 5. The number of amides is 1. The van der Waals surface area contributed by atoms with Crippen LogP contribution in [0.25, 0.3) is 0 Å². The van der Waals surface area contributed by atoms with Crippen molar-refractivity contribution in [3.05, 3.63) is 16.5 Å². The van der Waals surface area contributed by atoms with Gasteiger partial charge in [-0.3, -0.25) is 4.79 Å². The van der Waals surface area contributed by atoms with Gasteiger partial charge in [-0.25, -0.2) is 13.1 Å². The maximum Gasteiger partial charge on any atom is 0.250 e. The third kappa shape index (κ3) is 5.07. The van der Waals surface area contributed by atoms with Crippen LogP contribution in [0, 0.1) is 0 Å². The Hall–Kier alpha value is -0.380. The van der Waals surface area contributed by atoms with Gasteiger partial charge < -0.3 is 10.2 Å². The molecule has 22 heavy (non-hydrogen) atoms. The average molecular weight is 388 g/mol. The number of sulfonamides is 1. The van der Waals surface area contributed by atoms with Crippen molar-refractivity contribution in [1.82, 2.24) is 14.9 Å². The topological polar surface area (TPSA) is 78.5 Å². The molecule has 2 rings (SSSR count). The Balaban J connectivity index is 0.00000242. The number of piperidine rings is 1. The summed E-state index contributed by atoms with van der Waals surface area (Å²) in [6.45, 7) is 1.06.